The molecule has 3 heterocycles. The second kappa shape index (κ2) is 13.1. The van der Waals surface area contributed by atoms with Crippen molar-refractivity contribution in [3.8, 4) is 28.5 Å². The molecule has 1 saturated carbocycles. The predicted octanol–water partition coefficient (Wildman–Crippen LogP) is 8.71. The van der Waals surface area contributed by atoms with Gasteiger partial charge in [-0.25, -0.2) is 9.78 Å². The minimum absolute atomic E-state index is 0.121. The van der Waals surface area contributed by atoms with Crippen molar-refractivity contribution in [3.05, 3.63) is 65.2 Å². The number of anilines is 1. The van der Waals surface area contributed by atoms with Crippen LogP contribution in [0.2, 0.25) is 0 Å². The minimum atomic E-state index is -0.880. The fourth-order valence-corrected chi connectivity index (χ4v) is 8.61. The van der Waals surface area contributed by atoms with Crippen LogP contribution >= 0.6 is 0 Å². The van der Waals surface area contributed by atoms with E-state index in [0.29, 0.717) is 44.8 Å². The lowest BCUT2D eigenvalue weighted by atomic mass is 9.50. The van der Waals surface area contributed by atoms with Crippen molar-refractivity contribution in [2.45, 2.75) is 91.9 Å². The average molecular weight is 658 g/mol. The standard InChI is InChI=1S/C39H51N3O6/c1-37(2,3)39(38(4,5)6)30(10-9-19-42(39)36(43)44)28-20-31(41-35-29(28)23-46-24-40-35)34-32(47-21-25-13-14-25)11-8-12-33(34)48-22-26-15-17-27(45-7)18-16-26/h8,11-12,15-18,20,25,30H,9-10,13-14,19,21-24H2,1-7H3,(H,40,41)(H,43,44). The van der Waals surface area contributed by atoms with Gasteiger partial charge in [-0.15, -0.1) is 0 Å². The van der Waals surface area contributed by atoms with Crippen molar-refractivity contribution >= 4 is 11.9 Å². The van der Waals surface area contributed by atoms with Gasteiger partial charge in [0, 0.05) is 18.0 Å². The lowest BCUT2D eigenvalue weighted by Gasteiger charge is -2.64. The quantitative estimate of drug-likeness (QED) is 0.236. The van der Waals surface area contributed by atoms with E-state index in [4.69, 9.17) is 23.9 Å². The van der Waals surface area contributed by atoms with E-state index >= 15 is 0 Å². The Morgan fingerprint density at radius 3 is 2.33 bits per heavy atom. The number of ether oxygens (including phenoxy) is 4. The molecule has 6 rings (SSSR count). The number of methoxy groups -OCH3 is 1. The lowest BCUT2D eigenvalue weighted by molar-refractivity contribution is -0.111. The van der Waals surface area contributed by atoms with E-state index in [2.05, 4.69) is 52.9 Å². The van der Waals surface area contributed by atoms with Gasteiger partial charge < -0.3 is 34.3 Å². The average Bonchev–Trinajstić information content (AvgIpc) is 3.89. The molecule has 3 aliphatic rings. The van der Waals surface area contributed by atoms with Gasteiger partial charge in [0.25, 0.3) is 0 Å². The van der Waals surface area contributed by atoms with Crippen LogP contribution in [0.15, 0.2) is 48.5 Å². The van der Waals surface area contributed by atoms with E-state index < -0.39 is 22.5 Å². The number of carboxylic acid groups (broad SMARTS) is 1. The van der Waals surface area contributed by atoms with E-state index in [1.54, 1.807) is 12.0 Å². The number of aromatic nitrogens is 1. The van der Waals surface area contributed by atoms with E-state index in [0.717, 1.165) is 58.1 Å². The Balaban J connectivity index is 1.52. The molecule has 1 aromatic heterocycles. The number of nitrogens with zero attached hydrogens (tertiary/aromatic N) is 2. The first-order valence-corrected chi connectivity index (χ1v) is 17.2. The smallest absolute Gasteiger partial charge is 0.407 e. The zero-order valence-electron chi connectivity index (χ0n) is 29.5. The summed E-state index contributed by atoms with van der Waals surface area (Å²) in [6.07, 6.45) is 3.09. The number of likely N-dealkylation sites (tertiary alicyclic amines) is 1. The van der Waals surface area contributed by atoms with Gasteiger partial charge in [-0.1, -0.05) is 59.7 Å². The van der Waals surface area contributed by atoms with Crippen LogP contribution in [0.3, 0.4) is 0 Å². The SMILES string of the molecule is COc1ccc(COc2cccc(OCC3CC3)c2-c2cc(C3CCCN(C(=O)O)C3(C(C)(C)C)C(C)(C)C)c3c(n2)NCOC3)cc1. The third kappa shape index (κ3) is 6.29. The van der Waals surface area contributed by atoms with Crippen molar-refractivity contribution in [3.63, 3.8) is 0 Å². The highest BCUT2D eigenvalue weighted by Gasteiger charge is 2.62. The molecule has 9 nitrogen and oxygen atoms in total. The lowest BCUT2D eigenvalue weighted by Crippen LogP contribution is -2.70. The number of benzene rings is 2. The molecular weight excluding hydrogens is 606 g/mol. The number of carbonyl (C=O) groups is 1. The van der Waals surface area contributed by atoms with Crippen molar-refractivity contribution in [2.75, 3.05) is 32.3 Å². The van der Waals surface area contributed by atoms with Crippen LogP contribution in [0, 0.1) is 16.7 Å². The number of rotatable bonds is 9. The van der Waals surface area contributed by atoms with Gasteiger partial charge in [0.05, 0.1) is 37.1 Å². The van der Waals surface area contributed by atoms with Crippen molar-refractivity contribution < 1.29 is 28.8 Å². The molecule has 2 aliphatic heterocycles. The first kappa shape index (κ1) is 33.9. The molecule has 1 amide bonds. The second-order valence-electron chi connectivity index (χ2n) is 15.5. The van der Waals surface area contributed by atoms with Gasteiger partial charge in [-0.3, -0.25) is 0 Å². The fraction of sp³-hybridized carbons (Fsp3) is 0.538. The Morgan fingerprint density at radius 1 is 1.02 bits per heavy atom. The number of amides is 1. The highest BCUT2D eigenvalue weighted by Crippen LogP contribution is 2.60. The highest BCUT2D eigenvalue weighted by atomic mass is 16.5. The van der Waals surface area contributed by atoms with Crippen LogP contribution in [0.4, 0.5) is 10.6 Å². The summed E-state index contributed by atoms with van der Waals surface area (Å²) in [6.45, 7) is 15.3. The van der Waals surface area contributed by atoms with Crippen LogP contribution in [0.1, 0.15) is 89.8 Å². The second-order valence-corrected chi connectivity index (χ2v) is 15.5. The summed E-state index contributed by atoms with van der Waals surface area (Å²) in [5.74, 6) is 3.41. The number of hydrogen-bond acceptors (Lipinski definition) is 7. The van der Waals surface area contributed by atoms with E-state index in [-0.39, 0.29) is 5.92 Å². The number of nitrogens with one attached hydrogen (secondary N) is 1. The number of pyridine rings is 1. The Hall–Kier alpha value is -3.98. The molecule has 9 heteroatoms. The van der Waals surface area contributed by atoms with Crippen molar-refractivity contribution in [1.82, 2.24) is 9.88 Å². The molecule has 0 bridgehead atoms. The summed E-state index contributed by atoms with van der Waals surface area (Å²) < 4.78 is 24.4. The fourth-order valence-electron chi connectivity index (χ4n) is 8.61. The Bertz CT molecular complexity index is 1610. The third-order valence-electron chi connectivity index (χ3n) is 10.4. The molecule has 2 fully saturated rings. The molecule has 1 unspecified atom stereocenters. The predicted molar refractivity (Wildman–Crippen MR) is 187 cm³/mol. The maximum atomic E-state index is 13.1. The molecule has 0 radical (unpaired) electrons. The maximum absolute atomic E-state index is 13.1. The Labute approximate surface area is 284 Å². The molecular formula is C39H51N3O6. The first-order chi connectivity index (χ1) is 22.8. The molecule has 48 heavy (non-hydrogen) atoms. The summed E-state index contributed by atoms with van der Waals surface area (Å²) in [6, 6.07) is 16.0. The van der Waals surface area contributed by atoms with Crippen molar-refractivity contribution in [2.24, 2.45) is 16.7 Å². The summed E-state index contributed by atoms with van der Waals surface area (Å²) in [7, 11) is 1.66. The molecule has 1 aliphatic carbocycles. The summed E-state index contributed by atoms with van der Waals surface area (Å²) in [4.78, 5) is 20.0. The van der Waals surface area contributed by atoms with Gasteiger partial charge in [0.15, 0.2) is 0 Å². The largest absolute Gasteiger partial charge is 0.497 e. The monoisotopic (exact) mass is 657 g/mol. The van der Waals surface area contributed by atoms with Crippen LogP contribution in [0.25, 0.3) is 11.3 Å². The normalized spacial score (nSPS) is 19.2. The van der Waals surface area contributed by atoms with Crippen LogP contribution < -0.4 is 19.5 Å². The van der Waals surface area contributed by atoms with Gasteiger partial charge in [0.2, 0.25) is 0 Å². The molecule has 2 N–H and O–H groups in total. The first-order valence-electron chi connectivity index (χ1n) is 17.2. The molecule has 1 atom stereocenters. The molecule has 0 spiro atoms. The molecule has 3 aromatic rings. The van der Waals surface area contributed by atoms with Gasteiger partial charge in [0.1, 0.15) is 36.4 Å². The zero-order valence-corrected chi connectivity index (χ0v) is 29.5. The minimum Gasteiger partial charge on any atom is -0.497 e. The summed E-state index contributed by atoms with van der Waals surface area (Å²) >= 11 is 0. The number of hydrogen-bond donors (Lipinski definition) is 2. The topological polar surface area (TPSA) is 102 Å². The van der Waals surface area contributed by atoms with Gasteiger partial charge >= 0.3 is 6.09 Å². The van der Waals surface area contributed by atoms with E-state index in [9.17, 15) is 9.90 Å². The van der Waals surface area contributed by atoms with Crippen LogP contribution in [-0.2, 0) is 18.0 Å². The van der Waals surface area contributed by atoms with Crippen LogP contribution in [-0.4, -0.2) is 53.6 Å². The maximum Gasteiger partial charge on any atom is 0.407 e. The third-order valence-corrected chi connectivity index (χ3v) is 10.4. The molecule has 2 aromatic carbocycles. The zero-order chi connectivity index (χ0) is 34.3. The van der Waals surface area contributed by atoms with E-state index in [1.165, 1.54) is 12.8 Å². The van der Waals surface area contributed by atoms with E-state index in [1.807, 2.05) is 42.5 Å². The Morgan fingerprint density at radius 2 is 1.71 bits per heavy atom. The Kier molecular flexibility index (Phi) is 9.28. The van der Waals surface area contributed by atoms with Gasteiger partial charge in [-0.05, 0) is 83.9 Å². The van der Waals surface area contributed by atoms with Gasteiger partial charge in [-0.2, -0.15) is 0 Å². The van der Waals surface area contributed by atoms with Crippen molar-refractivity contribution in [1.29, 1.82) is 0 Å². The van der Waals surface area contributed by atoms with Crippen LogP contribution in [0.5, 0.6) is 17.2 Å². The number of fused-ring (bicyclic) bond motifs is 1. The number of piperidine rings is 1. The highest BCUT2D eigenvalue weighted by molar-refractivity contribution is 5.77. The summed E-state index contributed by atoms with van der Waals surface area (Å²) in [5.41, 5.74) is 3.07. The molecule has 1 saturated heterocycles. The molecule has 258 valence electrons. The summed E-state index contributed by atoms with van der Waals surface area (Å²) in [5, 5.41) is 14.1.